The molecular weight excluding hydrogens is 380 g/mol. The Morgan fingerprint density at radius 3 is 2.63 bits per heavy atom. The maximum atomic E-state index is 13.3. The minimum Gasteiger partial charge on any atom is -0.379 e. The van der Waals surface area contributed by atoms with Gasteiger partial charge in [-0.15, -0.1) is 5.10 Å². The van der Waals surface area contributed by atoms with E-state index in [1.165, 1.54) is 0 Å². The van der Waals surface area contributed by atoms with Gasteiger partial charge in [0.1, 0.15) is 6.04 Å². The Bertz CT molecular complexity index is 1110. The number of aryl methyl sites for hydroxylation is 2. The average Bonchev–Trinajstić information content (AvgIpc) is 3.20. The Morgan fingerprint density at radius 2 is 1.93 bits per heavy atom. The van der Waals surface area contributed by atoms with Crippen LogP contribution in [-0.2, 0) is 10.3 Å². The molecule has 1 aliphatic heterocycles. The van der Waals surface area contributed by atoms with Crippen LogP contribution < -0.4 is 5.56 Å². The summed E-state index contributed by atoms with van der Waals surface area (Å²) in [4.78, 5) is 18.6. The summed E-state index contributed by atoms with van der Waals surface area (Å²) in [5.74, 6) is 0.693. The van der Waals surface area contributed by atoms with Gasteiger partial charge in [0.05, 0.1) is 18.8 Å². The van der Waals surface area contributed by atoms with Crippen LogP contribution in [0.25, 0.3) is 10.9 Å². The molecule has 4 rings (SSSR count). The summed E-state index contributed by atoms with van der Waals surface area (Å²) in [6.45, 7) is 13.1. The van der Waals surface area contributed by atoms with E-state index in [1.54, 1.807) is 0 Å². The van der Waals surface area contributed by atoms with Gasteiger partial charge >= 0.3 is 0 Å². The fourth-order valence-electron chi connectivity index (χ4n) is 4.17. The molecule has 2 aromatic heterocycles. The number of nitrogens with one attached hydrogen (secondary N) is 1. The fourth-order valence-corrected chi connectivity index (χ4v) is 4.17. The smallest absolute Gasteiger partial charge is 0.253 e. The molecule has 1 aromatic carbocycles. The van der Waals surface area contributed by atoms with E-state index in [0.717, 1.165) is 28.5 Å². The number of fused-ring (bicyclic) bond motifs is 1. The summed E-state index contributed by atoms with van der Waals surface area (Å²) in [6, 6.07) is 5.82. The Labute approximate surface area is 176 Å². The number of rotatable bonds is 5. The van der Waals surface area contributed by atoms with Crippen molar-refractivity contribution in [1.29, 1.82) is 0 Å². The second-order valence-corrected chi connectivity index (χ2v) is 8.76. The number of hydrogen-bond donors (Lipinski definition) is 1. The molecule has 160 valence electrons. The zero-order valence-corrected chi connectivity index (χ0v) is 18.4. The van der Waals surface area contributed by atoms with Crippen LogP contribution >= 0.6 is 0 Å². The maximum absolute atomic E-state index is 13.3. The SMILES string of the molecule is CCC(C)(C)n1nnnc1C(c1cc2c(C)cc(C)cc2[nH]c1=O)N1CCOCC1. The molecule has 0 radical (unpaired) electrons. The molecular formula is C22H30N6O2. The highest BCUT2D eigenvalue weighted by atomic mass is 16.5. The first-order valence-corrected chi connectivity index (χ1v) is 10.6. The monoisotopic (exact) mass is 410 g/mol. The predicted octanol–water partition coefficient (Wildman–Crippen LogP) is 2.70. The number of nitrogens with zero attached hydrogens (tertiary/aromatic N) is 5. The van der Waals surface area contributed by atoms with Crippen molar-refractivity contribution < 1.29 is 4.74 Å². The van der Waals surface area contributed by atoms with E-state index in [2.05, 4.69) is 59.2 Å². The van der Waals surface area contributed by atoms with Crippen molar-refractivity contribution in [2.45, 2.75) is 52.6 Å². The first-order chi connectivity index (χ1) is 14.3. The molecule has 3 aromatic rings. The van der Waals surface area contributed by atoms with Gasteiger partial charge in [-0.25, -0.2) is 4.68 Å². The molecule has 8 heteroatoms. The highest BCUT2D eigenvalue weighted by Gasteiger charge is 2.35. The Kier molecular flexibility index (Phi) is 5.46. The van der Waals surface area contributed by atoms with Crippen molar-refractivity contribution >= 4 is 10.9 Å². The average molecular weight is 411 g/mol. The van der Waals surface area contributed by atoms with Crippen LogP contribution in [0.5, 0.6) is 0 Å². The summed E-state index contributed by atoms with van der Waals surface area (Å²) in [5.41, 5.74) is 3.42. The van der Waals surface area contributed by atoms with Gasteiger partial charge in [-0.1, -0.05) is 13.0 Å². The quantitative estimate of drug-likeness (QED) is 0.696. The first-order valence-electron chi connectivity index (χ1n) is 10.6. The van der Waals surface area contributed by atoms with E-state index in [0.29, 0.717) is 37.7 Å². The van der Waals surface area contributed by atoms with Crippen molar-refractivity contribution in [1.82, 2.24) is 30.1 Å². The van der Waals surface area contributed by atoms with Gasteiger partial charge in [-0.2, -0.15) is 0 Å². The van der Waals surface area contributed by atoms with Crippen molar-refractivity contribution in [2.75, 3.05) is 26.3 Å². The van der Waals surface area contributed by atoms with Gasteiger partial charge < -0.3 is 9.72 Å². The highest BCUT2D eigenvalue weighted by molar-refractivity contribution is 5.83. The van der Waals surface area contributed by atoms with E-state index in [1.807, 2.05) is 23.7 Å². The predicted molar refractivity (Wildman–Crippen MR) is 116 cm³/mol. The van der Waals surface area contributed by atoms with Crippen LogP contribution in [-0.4, -0.2) is 56.4 Å². The maximum Gasteiger partial charge on any atom is 0.253 e. The molecule has 30 heavy (non-hydrogen) atoms. The molecule has 3 heterocycles. The summed E-state index contributed by atoms with van der Waals surface area (Å²) >= 11 is 0. The molecule has 0 saturated carbocycles. The van der Waals surface area contributed by atoms with E-state index in [4.69, 9.17) is 4.74 Å². The van der Waals surface area contributed by atoms with E-state index in [-0.39, 0.29) is 17.1 Å². The topological polar surface area (TPSA) is 88.9 Å². The van der Waals surface area contributed by atoms with Crippen molar-refractivity contribution in [3.63, 3.8) is 0 Å². The molecule has 1 unspecified atom stereocenters. The van der Waals surface area contributed by atoms with Crippen LogP contribution in [0.15, 0.2) is 23.0 Å². The normalized spacial score (nSPS) is 16.8. The summed E-state index contributed by atoms with van der Waals surface area (Å²) < 4.78 is 7.44. The Balaban J connectivity index is 1.93. The van der Waals surface area contributed by atoms with Crippen LogP contribution in [0, 0.1) is 13.8 Å². The largest absolute Gasteiger partial charge is 0.379 e. The molecule has 1 fully saturated rings. The third-order valence-electron chi connectivity index (χ3n) is 6.22. The third kappa shape index (κ3) is 3.65. The van der Waals surface area contributed by atoms with E-state index >= 15 is 0 Å². The molecule has 1 saturated heterocycles. The van der Waals surface area contributed by atoms with E-state index in [9.17, 15) is 4.79 Å². The van der Waals surface area contributed by atoms with Crippen LogP contribution in [0.3, 0.4) is 0 Å². The first kappa shape index (κ1) is 20.7. The molecule has 0 amide bonds. The molecule has 0 aliphatic carbocycles. The lowest BCUT2D eigenvalue weighted by atomic mass is 9.98. The second-order valence-electron chi connectivity index (χ2n) is 8.76. The summed E-state index contributed by atoms with van der Waals surface area (Å²) in [6.07, 6.45) is 0.868. The standard InChI is InChI=1S/C22H30N6O2/c1-6-22(4,5)28-20(24-25-26-28)19(27-7-9-30-10-8-27)17-13-16-15(3)11-14(2)12-18(16)23-21(17)29/h11-13,19H,6-10H2,1-5H3,(H,23,29). The zero-order chi connectivity index (χ0) is 21.5. The van der Waals surface area contributed by atoms with Crippen LogP contribution in [0.2, 0.25) is 0 Å². The lowest BCUT2D eigenvalue weighted by molar-refractivity contribution is 0.0204. The molecule has 0 spiro atoms. The number of morpholine rings is 1. The van der Waals surface area contributed by atoms with Gasteiger partial charge in [-0.05, 0) is 67.8 Å². The van der Waals surface area contributed by atoms with Gasteiger partial charge in [0.15, 0.2) is 5.82 Å². The summed E-state index contributed by atoms with van der Waals surface area (Å²) in [7, 11) is 0. The van der Waals surface area contributed by atoms with Crippen molar-refractivity contribution in [3.8, 4) is 0 Å². The number of aromatic nitrogens is 5. The number of benzene rings is 1. The number of hydrogen-bond acceptors (Lipinski definition) is 6. The molecule has 1 N–H and O–H groups in total. The third-order valence-corrected chi connectivity index (χ3v) is 6.22. The highest BCUT2D eigenvalue weighted by Crippen LogP contribution is 2.31. The lowest BCUT2D eigenvalue weighted by Gasteiger charge is -2.35. The number of H-pyrrole nitrogens is 1. The lowest BCUT2D eigenvalue weighted by Crippen LogP contribution is -2.43. The van der Waals surface area contributed by atoms with E-state index < -0.39 is 0 Å². The number of tetrazole rings is 1. The minimum atomic E-state index is -0.344. The minimum absolute atomic E-state index is 0.104. The number of aromatic amines is 1. The summed E-state index contributed by atoms with van der Waals surface area (Å²) in [5, 5.41) is 13.7. The number of pyridine rings is 1. The Hall–Kier alpha value is -2.58. The fraction of sp³-hybridized carbons (Fsp3) is 0.545. The van der Waals surface area contributed by atoms with Crippen molar-refractivity contribution in [2.24, 2.45) is 0 Å². The van der Waals surface area contributed by atoms with Gasteiger partial charge in [0.25, 0.3) is 5.56 Å². The van der Waals surface area contributed by atoms with Gasteiger partial charge in [-0.3, -0.25) is 9.69 Å². The van der Waals surface area contributed by atoms with Crippen LogP contribution in [0.4, 0.5) is 0 Å². The molecule has 0 bridgehead atoms. The van der Waals surface area contributed by atoms with Gasteiger partial charge in [0, 0.05) is 29.6 Å². The zero-order valence-electron chi connectivity index (χ0n) is 18.4. The Morgan fingerprint density at radius 1 is 1.20 bits per heavy atom. The molecule has 1 atom stereocenters. The van der Waals surface area contributed by atoms with Crippen LogP contribution in [0.1, 0.15) is 55.7 Å². The van der Waals surface area contributed by atoms with Gasteiger partial charge in [0.2, 0.25) is 0 Å². The van der Waals surface area contributed by atoms with Crippen molar-refractivity contribution in [3.05, 3.63) is 51.1 Å². The molecule has 1 aliphatic rings. The second kappa shape index (κ2) is 7.92. The number of ether oxygens (including phenoxy) is 1. The molecule has 8 nitrogen and oxygen atoms in total.